The summed E-state index contributed by atoms with van der Waals surface area (Å²) in [4.78, 5) is 40.9. The maximum Gasteiger partial charge on any atom is 0.326 e. The molecule has 0 aliphatic carbocycles. The van der Waals surface area contributed by atoms with Gasteiger partial charge < -0.3 is 26.5 Å². The fourth-order valence-electron chi connectivity index (χ4n) is 1.53. The molecule has 0 unspecified atom stereocenters. The largest absolute Gasteiger partial charge is 0.480 e. The first-order valence-corrected chi connectivity index (χ1v) is 6.72. The van der Waals surface area contributed by atoms with Gasteiger partial charge in [-0.2, -0.15) is 12.6 Å². The lowest BCUT2D eigenvalue weighted by Crippen LogP contribution is -2.53. The topological polar surface area (TPSA) is 150 Å². The molecule has 116 valence electrons. The van der Waals surface area contributed by atoms with Gasteiger partial charge in [0.05, 0.1) is 18.6 Å². The third-order valence-electron chi connectivity index (χ3n) is 2.60. The Balaban J connectivity index is 2.66. The van der Waals surface area contributed by atoms with Crippen LogP contribution in [0.1, 0.15) is 5.69 Å². The van der Waals surface area contributed by atoms with Crippen LogP contribution in [0.15, 0.2) is 12.5 Å². The van der Waals surface area contributed by atoms with Gasteiger partial charge in [0, 0.05) is 18.4 Å². The molecule has 0 saturated carbocycles. The third-order valence-corrected chi connectivity index (χ3v) is 2.97. The summed E-state index contributed by atoms with van der Waals surface area (Å²) in [6.07, 6.45) is 2.97. The molecule has 2 atom stereocenters. The molecule has 0 saturated heterocycles. The van der Waals surface area contributed by atoms with Crippen LogP contribution < -0.4 is 16.4 Å². The maximum absolute atomic E-state index is 12.0. The van der Waals surface area contributed by atoms with Gasteiger partial charge in [0.2, 0.25) is 11.8 Å². The van der Waals surface area contributed by atoms with Gasteiger partial charge in [0.25, 0.3) is 0 Å². The number of H-pyrrole nitrogens is 1. The summed E-state index contributed by atoms with van der Waals surface area (Å²) in [5.74, 6) is -2.35. The highest BCUT2D eigenvalue weighted by molar-refractivity contribution is 7.80. The summed E-state index contributed by atoms with van der Waals surface area (Å²) in [5.41, 5.74) is 5.64. The smallest absolute Gasteiger partial charge is 0.326 e. The van der Waals surface area contributed by atoms with Gasteiger partial charge in [-0.25, -0.2) is 9.78 Å². The van der Waals surface area contributed by atoms with Crippen LogP contribution in [-0.4, -0.2) is 57.2 Å². The van der Waals surface area contributed by atoms with Crippen molar-refractivity contribution in [2.45, 2.75) is 18.5 Å². The number of rotatable bonds is 8. The number of carboxylic acid groups (broad SMARTS) is 1. The van der Waals surface area contributed by atoms with E-state index >= 15 is 0 Å². The number of imidazole rings is 1. The van der Waals surface area contributed by atoms with E-state index in [1.807, 2.05) is 0 Å². The molecule has 2 amide bonds. The number of hydrogen-bond acceptors (Lipinski definition) is 6. The number of aliphatic carboxylic acids is 1. The number of amides is 2. The lowest BCUT2D eigenvalue weighted by atomic mass is 10.1. The number of nitrogens with one attached hydrogen (secondary N) is 3. The number of thiol groups is 1. The molecular weight excluding hydrogens is 298 g/mol. The summed E-state index contributed by atoms with van der Waals surface area (Å²) in [5, 5.41) is 13.8. The van der Waals surface area contributed by atoms with Crippen LogP contribution >= 0.6 is 12.6 Å². The number of carbonyl (C=O) groups excluding carboxylic acids is 2. The van der Waals surface area contributed by atoms with E-state index < -0.39 is 29.9 Å². The van der Waals surface area contributed by atoms with E-state index in [0.717, 1.165) is 0 Å². The third kappa shape index (κ3) is 5.44. The Labute approximate surface area is 126 Å². The molecule has 1 aromatic heterocycles. The monoisotopic (exact) mass is 315 g/mol. The second-order valence-corrected chi connectivity index (χ2v) is 4.54. The fraction of sp³-hybridized carbons (Fsp3) is 0.455. The van der Waals surface area contributed by atoms with Crippen molar-refractivity contribution in [2.75, 3.05) is 12.3 Å². The van der Waals surface area contributed by atoms with E-state index in [9.17, 15) is 14.4 Å². The van der Waals surface area contributed by atoms with Gasteiger partial charge >= 0.3 is 5.97 Å². The van der Waals surface area contributed by atoms with Crippen LogP contribution in [0.2, 0.25) is 0 Å². The van der Waals surface area contributed by atoms with Gasteiger partial charge in [-0.05, 0) is 0 Å². The highest BCUT2D eigenvalue weighted by Crippen LogP contribution is 2.00. The lowest BCUT2D eigenvalue weighted by Gasteiger charge is -2.19. The van der Waals surface area contributed by atoms with Crippen molar-refractivity contribution in [1.82, 2.24) is 20.6 Å². The normalized spacial score (nSPS) is 13.2. The van der Waals surface area contributed by atoms with E-state index in [1.165, 1.54) is 12.5 Å². The lowest BCUT2D eigenvalue weighted by molar-refractivity contribution is -0.142. The number of aromatic amines is 1. The molecule has 6 N–H and O–H groups in total. The number of nitrogens with zero attached hydrogens (tertiary/aromatic N) is 1. The van der Waals surface area contributed by atoms with Gasteiger partial charge in [-0.3, -0.25) is 9.59 Å². The molecule has 0 aromatic carbocycles. The number of hydrogen-bond donors (Lipinski definition) is 6. The van der Waals surface area contributed by atoms with Crippen LogP contribution in [0.25, 0.3) is 0 Å². The molecule has 0 radical (unpaired) electrons. The molecule has 0 spiro atoms. The molecule has 1 heterocycles. The Morgan fingerprint density at radius 3 is 2.57 bits per heavy atom. The van der Waals surface area contributed by atoms with Gasteiger partial charge in [0.15, 0.2) is 0 Å². The van der Waals surface area contributed by atoms with E-state index in [2.05, 4.69) is 33.2 Å². The predicted molar refractivity (Wildman–Crippen MR) is 76.7 cm³/mol. The molecule has 0 bridgehead atoms. The van der Waals surface area contributed by atoms with E-state index in [-0.39, 0.29) is 18.7 Å². The molecule has 9 nitrogen and oxygen atoms in total. The van der Waals surface area contributed by atoms with Gasteiger partial charge in [-0.1, -0.05) is 0 Å². The molecule has 0 fully saturated rings. The van der Waals surface area contributed by atoms with Crippen molar-refractivity contribution < 1.29 is 19.5 Å². The SMILES string of the molecule is NCC(=O)N[C@@H](CS)C(=O)N[C@@H](Cc1c[nH]cn1)C(=O)O. The Kier molecular flexibility index (Phi) is 6.69. The second kappa shape index (κ2) is 8.27. The first-order valence-electron chi connectivity index (χ1n) is 6.09. The van der Waals surface area contributed by atoms with E-state index in [4.69, 9.17) is 10.8 Å². The van der Waals surface area contributed by atoms with Crippen molar-refractivity contribution >= 4 is 30.4 Å². The Bertz CT molecular complexity index is 493. The second-order valence-electron chi connectivity index (χ2n) is 4.17. The van der Waals surface area contributed by atoms with Crippen LogP contribution in [0, 0.1) is 0 Å². The maximum atomic E-state index is 12.0. The van der Waals surface area contributed by atoms with E-state index in [0.29, 0.717) is 5.69 Å². The summed E-state index contributed by atoms with van der Waals surface area (Å²) >= 11 is 3.95. The highest BCUT2D eigenvalue weighted by atomic mass is 32.1. The zero-order chi connectivity index (χ0) is 15.8. The van der Waals surface area contributed by atoms with Crippen LogP contribution in [0.5, 0.6) is 0 Å². The summed E-state index contributed by atoms with van der Waals surface area (Å²) in [7, 11) is 0. The molecular formula is C11H17N5O4S. The minimum Gasteiger partial charge on any atom is -0.480 e. The van der Waals surface area contributed by atoms with Crippen LogP contribution in [-0.2, 0) is 20.8 Å². The average Bonchev–Trinajstić information content (AvgIpc) is 2.96. The summed E-state index contributed by atoms with van der Waals surface area (Å²) in [6.45, 7) is -0.271. The average molecular weight is 315 g/mol. The zero-order valence-electron chi connectivity index (χ0n) is 11.1. The van der Waals surface area contributed by atoms with Crippen LogP contribution in [0.3, 0.4) is 0 Å². The molecule has 0 aliphatic rings. The summed E-state index contributed by atoms with van der Waals surface area (Å²) in [6, 6.07) is -2.11. The minimum atomic E-state index is -1.20. The Morgan fingerprint density at radius 1 is 1.38 bits per heavy atom. The number of nitrogens with two attached hydrogens (primary N) is 1. The fourth-order valence-corrected chi connectivity index (χ4v) is 1.79. The number of carbonyl (C=O) groups is 3. The molecule has 1 rings (SSSR count). The van der Waals surface area contributed by atoms with E-state index in [1.54, 1.807) is 0 Å². The van der Waals surface area contributed by atoms with Crippen molar-refractivity contribution in [1.29, 1.82) is 0 Å². The zero-order valence-corrected chi connectivity index (χ0v) is 12.0. The minimum absolute atomic E-state index is 0.0202. The Hall–Kier alpha value is -2.07. The highest BCUT2D eigenvalue weighted by Gasteiger charge is 2.26. The predicted octanol–water partition coefficient (Wildman–Crippen LogP) is -2.11. The van der Waals surface area contributed by atoms with Crippen molar-refractivity contribution in [3.8, 4) is 0 Å². The number of carboxylic acids is 1. The molecule has 0 aliphatic heterocycles. The first kappa shape index (κ1) is 17.0. The number of aromatic nitrogens is 2. The Morgan fingerprint density at radius 2 is 2.10 bits per heavy atom. The first-order chi connectivity index (χ1) is 9.97. The van der Waals surface area contributed by atoms with Gasteiger partial charge in [-0.15, -0.1) is 0 Å². The van der Waals surface area contributed by atoms with Crippen molar-refractivity contribution in [3.05, 3.63) is 18.2 Å². The summed E-state index contributed by atoms with van der Waals surface area (Å²) < 4.78 is 0. The quantitative estimate of drug-likeness (QED) is 0.302. The molecule has 10 heteroatoms. The standard InChI is InChI=1S/C11H17N5O4S/c12-2-9(17)15-8(4-21)10(18)16-7(11(19)20)1-6-3-13-5-14-6/h3,5,7-8,21H,1-2,4,12H2,(H,13,14)(H,15,17)(H,16,18)(H,19,20)/t7-,8-/m0/s1. The van der Waals surface area contributed by atoms with Crippen LogP contribution in [0.4, 0.5) is 0 Å². The van der Waals surface area contributed by atoms with Crippen molar-refractivity contribution in [3.63, 3.8) is 0 Å². The van der Waals surface area contributed by atoms with Crippen molar-refractivity contribution in [2.24, 2.45) is 5.73 Å². The van der Waals surface area contributed by atoms with Gasteiger partial charge in [0.1, 0.15) is 12.1 Å². The molecule has 21 heavy (non-hydrogen) atoms. The molecule has 1 aromatic rings.